The van der Waals surface area contributed by atoms with Crippen LogP contribution >= 0.6 is 0 Å². The van der Waals surface area contributed by atoms with E-state index in [0.717, 1.165) is 38.7 Å². The number of urea groups is 1. The Morgan fingerprint density at radius 2 is 1.51 bits per heavy atom. The average molecular weight is 795 g/mol. The van der Waals surface area contributed by atoms with Crippen molar-refractivity contribution in [3.05, 3.63) is 118 Å². The van der Waals surface area contributed by atoms with E-state index >= 15 is 0 Å². The number of aliphatic hydroxyl groups is 1. The molecular weight excluding hydrogens is 745 g/mol. The molecule has 0 spiro atoms. The minimum absolute atomic E-state index is 0.183. The Balaban J connectivity index is 1.04. The molecule has 4 amide bonds. The van der Waals surface area contributed by atoms with Gasteiger partial charge in [0.05, 0.1) is 41.7 Å². The number of fused-ring (bicyclic) bond motifs is 2. The first kappa shape index (κ1) is 40.5. The summed E-state index contributed by atoms with van der Waals surface area (Å²) in [5, 5.41) is 24.2. The fraction of sp³-hybridized carbons (Fsp3) is 0.283. The zero-order valence-corrected chi connectivity index (χ0v) is 34.3. The third kappa shape index (κ3) is 9.05. The number of nitrogens with zero attached hydrogens (tertiary/aromatic N) is 4. The van der Waals surface area contributed by atoms with Crippen molar-refractivity contribution >= 4 is 68.1 Å². The third-order valence-corrected chi connectivity index (χ3v) is 10.5. The third-order valence-electron chi connectivity index (χ3n) is 10.5. The number of hydrogen-bond acceptors (Lipinski definition) is 9. The quantitative estimate of drug-likeness (QED) is 0.0831. The van der Waals surface area contributed by atoms with Gasteiger partial charge in [-0.05, 0) is 105 Å². The normalized spacial score (nSPS) is 13.3. The molecule has 6 aromatic rings. The Hall–Kier alpha value is -6.73. The molecule has 0 aliphatic carbocycles. The molecule has 1 aliphatic heterocycles. The Kier molecular flexibility index (Phi) is 11.9. The van der Waals surface area contributed by atoms with Gasteiger partial charge in [-0.15, -0.1) is 0 Å². The molecule has 304 valence electrons. The van der Waals surface area contributed by atoms with Crippen molar-refractivity contribution < 1.29 is 24.2 Å². The maximum atomic E-state index is 13.8. The van der Waals surface area contributed by atoms with Crippen molar-refractivity contribution in [2.24, 2.45) is 0 Å². The largest absolute Gasteiger partial charge is 0.480 e. The lowest BCUT2D eigenvalue weighted by atomic mass is 10.0. The summed E-state index contributed by atoms with van der Waals surface area (Å²) in [6.45, 7) is 11.8. The average Bonchev–Trinajstić information content (AvgIpc) is 3.23. The fourth-order valence-electron chi connectivity index (χ4n) is 7.54. The highest BCUT2D eigenvalue weighted by Crippen LogP contribution is 2.35. The van der Waals surface area contributed by atoms with E-state index in [0.29, 0.717) is 55.2 Å². The van der Waals surface area contributed by atoms with Crippen LogP contribution in [-0.2, 0) is 17.8 Å². The lowest BCUT2D eigenvalue weighted by molar-refractivity contribution is -0.117. The number of aliphatic hydroxyl groups excluding tert-OH is 1. The van der Waals surface area contributed by atoms with E-state index in [2.05, 4.69) is 69.3 Å². The Labute approximate surface area is 343 Å². The summed E-state index contributed by atoms with van der Waals surface area (Å²) in [4.78, 5) is 54.3. The number of ether oxygens (including phenoxy) is 1. The zero-order valence-electron chi connectivity index (χ0n) is 34.3. The van der Waals surface area contributed by atoms with Crippen molar-refractivity contribution in [2.45, 2.75) is 53.7 Å². The number of carbonyl (C=O) groups excluding carboxylic acids is 3. The number of carbonyl (C=O) groups is 3. The number of hydrogen-bond donors (Lipinski definition) is 5. The molecule has 0 saturated carbocycles. The number of para-hydroxylation sites is 1. The van der Waals surface area contributed by atoms with Crippen LogP contribution in [0.15, 0.2) is 84.9 Å². The van der Waals surface area contributed by atoms with E-state index in [9.17, 15) is 19.5 Å². The second-order valence-corrected chi connectivity index (χ2v) is 15.1. The van der Waals surface area contributed by atoms with Gasteiger partial charge in [0.2, 0.25) is 11.8 Å². The van der Waals surface area contributed by atoms with Crippen LogP contribution in [0.2, 0.25) is 0 Å². The van der Waals surface area contributed by atoms with Gasteiger partial charge in [0.25, 0.3) is 5.91 Å². The standard InChI is InChI=1S/C46H50N8O5/c1-7-38-37(25-41(45(51-38)59-6)52-46(58)54-16-14-53(15-17-54)34-19-28(3)18-29(4)20-34)44(57)47-30(5)43(56)49-33-23-31(26-55)22-32(24-33)48-42-35-10-8-9-11-39(35)50-40-13-12-27(2)21-36(40)42/h8-13,18-25,30,55H,7,14-17,26H2,1-6H3,(H,47,57)(H,48,50)(H,49,56)(H,52,58). The van der Waals surface area contributed by atoms with Gasteiger partial charge in [-0.1, -0.05) is 42.8 Å². The molecule has 5 N–H and O–H groups in total. The van der Waals surface area contributed by atoms with Crippen LogP contribution in [0.1, 0.15) is 52.2 Å². The molecule has 1 atom stereocenters. The molecule has 1 unspecified atom stereocenters. The van der Waals surface area contributed by atoms with Crippen LogP contribution in [0.5, 0.6) is 5.88 Å². The second kappa shape index (κ2) is 17.4. The van der Waals surface area contributed by atoms with Crippen molar-refractivity contribution in [3.8, 4) is 5.88 Å². The summed E-state index contributed by atoms with van der Waals surface area (Å²) in [5.41, 5.74) is 9.71. The summed E-state index contributed by atoms with van der Waals surface area (Å²) >= 11 is 0. The minimum atomic E-state index is -0.967. The summed E-state index contributed by atoms with van der Waals surface area (Å²) in [6.07, 6.45) is 0.402. The Morgan fingerprint density at radius 3 is 2.22 bits per heavy atom. The number of aromatic nitrogens is 2. The molecule has 0 bridgehead atoms. The van der Waals surface area contributed by atoms with Crippen LogP contribution in [0.4, 0.5) is 33.2 Å². The van der Waals surface area contributed by atoms with Gasteiger partial charge in [-0.2, -0.15) is 0 Å². The molecule has 59 heavy (non-hydrogen) atoms. The molecule has 13 heteroatoms. The number of methoxy groups -OCH3 is 1. The molecule has 4 aromatic carbocycles. The Morgan fingerprint density at radius 1 is 0.797 bits per heavy atom. The van der Waals surface area contributed by atoms with Crippen LogP contribution in [0.3, 0.4) is 0 Å². The molecule has 1 saturated heterocycles. The summed E-state index contributed by atoms with van der Waals surface area (Å²) < 4.78 is 5.53. The highest BCUT2D eigenvalue weighted by molar-refractivity contribution is 6.09. The number of nitrogens with one attached hydrogen (secondary N) is 4. The number of benzene rings is 4. The van der Waals surface area contributed by atoms with Gasteiger partial charge in [0.15, 0.2) is 0 Å². The van der Waals surface area contributed by atoms with E-state index in [1.807, 2.05) is 56.3 Å². The SMILES string of the molecule is CCc1nc(OC)c(NC(=O)N2CCN(c3cc(C)cc(C)c3)CC2)cc1C(=O)NC(C)C(=O)Nc1cc(CO)cc(Nc2c3ccccc3nc3ccc(C)cc23)c1. The fourth-order valence-corrected chi connectivity index (χ4v) is 7.54. The van der Waals surface area contributed by atoms with Crippen molar-refractivity contribution in [1.29, 1.82) is 0 Å². The highest BCUT2D eigenvalue weighted by atomic mass is 16.5. The van der Waals surface area contributed by atoms with E-state index < -0.39 is 17.9 Å². The van der Waals surface area contributed by atoms with E-state index in [-0.39, 0.29) is 29.8 Å². The van der Waals surface area contributed by atoms with E-state index in [1.54, 1.807) is 30.0 Å². The smallest absolute Gasteiger partial charge is 0.322 e. The summed E-state index contributed by atoms with van der Waals surface area (Å²) in [6, 6.07) is 26.0. The number of aryl methyl sites for hydroxylation is 4. The van der Waals surface area contributed by atoms with Crippen molar-refractivity contribution in [3.63, 3.8) is 0 Å². The van der Waals surface area contributed by atoms with Gasteiger partial charge in [-0.25, -0.2) is 14.8 Å². The van der Waals surface area contributed by atoms with Gasteiger partial charge >= 0.3 is 6.03 Å². The lowest BCUT2D eigenvalue weighted by Gasteiger charge is -2.36. The molecule has 3 heterocycles. The molecule has 2 aromatic heterocycles. The highest BCUT2D eigenvalue weighted by Gasteiger charge is 2.26. The van der Waals surface area contributed by atoms with Gasteiger partial charge in [0.1, 0.15) is 11.7 Å². The number of anilines is 5. The predicted molar refractivity (Wildman–Crippen MR) is 234 cm³/mol. The predicted octanol–water partition coefficient (Wildman–Crippen LogP) is 7.63. The lowest BCUT2D eigenvalue weighted by Crippen LogP contribution is -2.50. The maximum Gasteiger partial charge on any atom is 0.322 e. The monoisotopic (exact) mass is 794 g/mol. The number of piperazine rings is 1. The minimum Gasteiger partial charge on any atom is -0.480 e. The number of amides is 4. The Bertz CT molecular complexity index is 2550. The van der Waals surface area contributed by atoms with E-state index in [4.69, 9.17) is 9.72 Å². The van der Waals surface area contributed by atoms with Gasteiger partial charge in [0, 0.05) is 54.0 Å². The molecule has 7 rings (SSSR count). The number of pyridine rings is 2. The van der Waals surface area contributed by atoms with Crippen molar-refractivity contribution in [1.82, 2.24) is 20.2 Å². The van der Waals surface area contributed by atoms with E-state index in [1.165, 1.54) is 18.2 Å². The summed E-state index contributed by atoms with van der Waals surface area (Å²) in [7, 11) is 1.46. The van der Waals surface area contributed by atoms with Crippen molar-refractivity contribution in [2.75, 3.05) is 54.1 Å². The first-order valence-corrected chi connectivity index (χ1v) is 19.8. The van der Waals surface area contributed by atoms with Crippen LogP contribution < -0.4 is 30.9 Å². The topological polar surface area (TPSA) is 161 Å². The van der Waals surface area contributed by atoms with Gasteiger partial charge < -0.3 is 40.9 Å². The van der Waals surface area contributed by atoms with Gasteiger partial charge in [-0.3, -0.25) is 9.59 Å². The molecule has 13 nitrogen and oxygen atoms in total. The number of rotatable bonds is 11. The van der Waals surface area contributed by atoms with Crippen LogP contribution in [0.25, 0.3) is 21.8 Å². The molecular formula is C46H50N8O5. The first-order chi connectivity index (χ1) is 28.4. The molecule has 0 radical (unpaired) electrons. The van der Waals surface area contributed by atoms with Crippen LogP contribution in [-0.4, -0.2) is 77.2 Å². The summed E-state index contributed by atoms with van der Waals surface area (Å²) in [5.74, 6) is -0.819. The first-order valence-electron chi connectivity index (χ1n) is 19.8. The molecule has 1 aliphatic rings. The maximum absolute atomic E-state index is 13.8. The van der Waals surface area contributed by atoms with Crippen LogP contribution in [0, 0.1) is 20.8 Å². The zero-order chi connectivity index (χ0) is 41.8. The molecule has 1 fully saturated rings. The second-order valence-electron chi connectivity index (χ2n) is 15.1.